The topological polar surface area (TPSA) is 118 Å². The number of benzene rings is 1. The van der Waals surface area contributed by atoms with Crippen LogP contribution in [-0.4, -0.2) is 31.8 Å². The van der Waals surface area contributed by atoms with Gasteiger partial charge in [-0.3, -0.25) is 15.0 Å². The number of sulfone groups is 1. The van der Waals surface area contributed by atoms with Gasteiger partial charge in [0.15, 0.2) is 0 Å². The molecule has 1 rings (SSSR count). The Morgan fingerprint density at radius 3 is 2.30 bits per heavy atom. The number of hydrazine groups is 1. The third kappa shape index (κ3) is 4.33. The van der Waals surface area contributed by atoms with Crippen molar-refractivity contribution in [3.63, 3.8) is 0 Å². The van der Waals surface area contributed by atoms with Crippen molar-refractivity contribution >= 4 is 33.3 Å². The van der Waals surface area contributed by atoms with Crippen LogP contribution in [0.4, 0.5) is 13.2 Å². The Balaban J connectivity index is 3.22. The van der Waals surface area contributed by atoms with Crippen molar-refractivity contribution in [3.8, 4) is 0 Å². The molecule has 1 atom stereocenters. The number of carbonyl (C=O) groups excluding carboxylic acids is 2. The fourth-order valence-corrected chi connectivity index (χ4v) is 2.58. The molecular weight excluding hydrogens is 363 g/mol. The van der Waals surface area contributed by atoms with Crippen LogP contribution >= 0.6 is 11.6 Å². The lowest BCUT2D eigenvalue weighted by atomic mass is 10.2. The van der Waals surface area contributed by atoms with E-state index in [1.165, 1.54) is 6.92 Å². The zero-order chi connectivity index (χ0) is 18.0. The van der Waals surface area contributed by atoms with Crippen LogP contribution in [0.1, 0.15) is 17.3 Å². The van der Waals surface area contributed by atoms with Crippen LogP contribution in [0.3, 0.4) is 0 Å². The molecule has 23 heavy (non-hydrogen) atoms. The molecule has 0 saturated heterocycles. The Labute approximate surface area is 133 Å². The molecule has 0 radical (unpaired) electrons. The molecular formula is C11H11ClF3N3O4S. The maximum absolute atomic E-state index is 12.5. The zero-order valence-corrected chi connectivity index (χ0v) is 13.0. The summed E-state index contributed by atoms with van der Waals surface area (Å²) in [5.41, 5.74) is -4.24. The van der Waals surface area contributed by atoms with Crippen molar-refractivity contribution in [2.24, 2.45) is 5.84 Å². The molecule has 1 aromatic carbocycles. The summed E-state index contributed by atoms with van der Waals surface area (Å²) in [5.74, 6) is 3.11. The first-order chi connectivity index (χ1) is 10.4. The first-order valence-corrected chi connectivity index (χ1v) is 7.69. The number of nitrogens with two attached hydrogens (primary N) is 1. The minimum absolute atomic E-state index is 0.392. The van der Waals surface area contributed by atoms with Gasteiger partial charge in [0, 0.05) is 10.6 Å². The Morgan fingerprint density at radius 1 is 1.26 bits per heavy atom. The van der Waals surface area contributed by atoms with Crippen LogP contribution in [0.5, 0.6) is 0 Å². The summed E-state index contributed by atoms with van der Waals surface area (Å²) in [6.45, 7) is 1.26. The fraction of sp³-hybridized carbons (Fsp3) is 0.273. The summed E-state index contributed by atoms with van der Waals surface area (Å²) < 4.78 is 60.4. The second-order valence-corrected chi connectivity index (χ2v) is 6.71. The van der Waals surface area contributed by atoms with Crippen molar-refractivity contribution < 1.29 is 31.2 Å². The molecule has 0 aromatic heterocycles. The van der Waals surface area contributed by atoms with E-state index in [4.69, 9.17) is 17.4 Å². The standard InChI is InChI=1S/C11H11ClF3N3O4S/c1-5(9(19)18-16)17-10(20)6-2-7(12)4-8(3-6)23(21,22)11(13,14)15/h2-5H,16H2,1H3,(H,17,20)(H,18,19)/t5-/m0/s1. The van der Waals surface area contributed by atoms with Gasteiger partial charge in [-0.25, -0.2) is 14.3 Å². The smallest absolute Gasteiger partial charge is 0.340 e. The second kappa shape index (κ2) is 6.72. The number of hydrogen-bond donors (Lipinski definition) is 3. The monoisotopic (exact) mass is 373 g/mol. The van der Waals surface area contributed by atoms with Crippen LogP contribution in [0.2, 0.25) is 5.02 Å². The predicted octanol–water partition coefficient (Wildman–Crippen LogP) is 0.742. The van der Waals surface area contributed by atoms with Crippen molar-refractivity contribution in [1.82, 2.24) is 10.7 Å². The quantitative estimate of drug-likeness (QED) is 0.408. The summed E-state index contributed by atoms with van der Waals surface area (Å²) >= 11 is 5.57. The lowest BCUT2D eigenvalue weighted by Gasteiger charge is -2.13. The van der Waals surface area contributed by atoms with Gasteiger partial charge in [-0.1, -0.05) is 11.6 Å². The summed E-state index contributed by atoms with van der Waals surface area (Å²) in [6.07, 6.45) is 0. The van der Waals surface area contributed by atoms with E-state index in [2.05, 4.69) is 5.32 Å². The molecule has 0 aliphatic rings. The molecule has 0 heterocycles. The van der Waals surface area contributed by atoms with Crippen LogP contribution in [-0.2, 0) is 14.6 Å². The van der Waals surface area contributed by atoms with Crippen molar-refractivity contribution in [3.05, 3.63) is 28.8 Å². The van der Waals surface area contributed by atoms with Gasteiger partial charge in [0.2, 0.25) is 0 Å². The maximum atomic E-state index is 12.5. The predicted molar refractivity (Wildman–Crippen MR) is 74.0 cm³/mol. The normalized spacial score (nSPS) is 13.3. The van der Waals surface area contributed by atoms with E-state index in [9.17, 15) is 31.2 Å². The summed E-state index contributed by atoms with van der Waals surface area (Å²) in [7, 11) is -5.67. The molecule has 0 aliphatic heterocycles. The highest BCUT2D eigenvalue weighted by Crippen LogP contribution is 2.32. The first kappa shape index (κ1) is 19.2. The Kier molecular flexibility index (Phi) is 5.61. The maximum Gasteiger partial charge on any atom is 0.501 e. The molecule has 4 N–H and O–H groups in total. The van der Waals surface area contributed by atoms with Gasteiger partial charge in [0.25, 0.3) is 21.7 Å². The van der Waals surface area contributed by atoms with Crippen molar-refractivity contribution in [2.45, 2.75) is 23.4 Å². The SMILES string of the molecule is C[C@H](NC(=O)c1cc(Cl)cc(S(=O)(=O)C(F)(F)F)c1)C(=O)NN. The molecule has 0 saturated carbocycles. The molecule has 7 nitrogen and oxygen atoms in total. The first-order valence-electron chi connectivity index (χ1n) is 5.83. The van der Waals surface area contributed by atoms with Crippen molar-refractivity contribution in [1.29, 1.82) is 0 Å². The number of carbonyl (C=O) groups is 2. The minimum Gasteiger partial charge on any atom is -0.340 e. The van der Waals surface area contributed by atoms with E-state index >= 15 is 0 Å². The zero-order valence-electron chi connectivity index (χ0n) is 11.4. The van der Waals surface area contributed by atoms with E-state index in [1.54, 1.807) is 5.43 Å². The molecule has 0 spiro atoms. The van der Waals surface area contributed by atoms with Crippen LogP contribution < -0.4 is 16.6 Å². The molecule has 0 aliphatic carbocycles. The second-order valence-electron chi connectivity index (χ2n) is 4.33. The van der Waals surface area contributed by atoms with Gasteiger partial charge < -0.3 is 5.32 Å². The Hall–Kier alpha value is -1.85. The Morgan fingerprint density at radius 2 is 1.83 bits per heavy atom. The van der Waals surface area contributed by atoms with Gasteiger partial charge in [-0.2, -0.15) is 13.2 Å². The van der Waals surface area contributed by atoms with Gasteiger partial charge in [0.1, 0.15) is 6.04 Å². The molecule has 12 heteroatoms. The number of alkyl halides is 3. The van der Waals surface area contributed by atoms with Crippen LogP contribution in [0.25, 0.3) is 0 Å². The molecule has 2 amide bonds. The average molecular weight is 374 g/mol. The van der Waals surface area contributed by atoms with E-state index in [-0.39, 0.29) is 0 Å². The van der Waals surface area contributed by atoms with Gasteiger partial charge >= 0.3 is 5.51 Å². The lowest BCUT2D eigenvalue weighted by Crippen LogP contribution is -2.47. The number of hydrogen-bond acceptors (Lipinski definition) is 5. The number of rotatable bonds is 4. The van der Waals surface area contributed by atoms with Crippen LogP contribution in [0.15, 0.2) is 23.1 Å². The lowest BCUT2D eigenvalue weighted by molar-refractivity contribution is -0.122. The molecule has 0 bridgehead atoms. The van der Waals surface area contributed by atoms with Crippen molar-refractivity contribution in [2.75, 3.05) is 0 Å². The number of halogens is 4. The summed E-state index contributed by atoms with van der Waals surface area (Å²) in [5, 5.41) is 1.73. The highest BCUT2D eigenvalue weighted by Gasteiger charge is 2.47. The molecule has 0 unspecified atom stereocenters. The minimum atomic E-state index is -5.67. The number of nitrogens with one attached hydrogen (secondary N) is 2. The van der Waals surface area contributed by atoms with E-state index in [1.807, 2.05) is 0 Å². The van der Waals surface area contributed by atoms with E-state index in [0.29, 0.717) is 12.1 Å². The summed E-state index contributed by atoms with van der Waals surface area (Å²) in [4.78, 5) is 21.9. The highest BCUT2D eigenvalue weighted by molar-refractivity contribution is 7.92. The van der Waals surface area contributed by atoms with Gasteiger partial charge in [-0.05, 0) is 25.1 Å². The van der Waals surface area contributed by atoms with E-state index < -0.39 is 48.7 Å². The van der Waals surface area contributed by atoms with Gasteiger partial charge in [-0.15, -0.1) is 0 Å². The summed E-state index contributed by atoms with van der Waals surface area (Å²) in [6, 6.07) is 0.933. The highest BCUT2D eigenvalue weighted by atomic mass is 35.5. The molecule has 0 fully saturated rings. The molecule has 1 aromatic rings. The largest absolute Gasteiger partial charge is 0.501 e. The van der Waals surface area contributed by atoms with Crippen LogP contribution in [0, 0.1) is 0 Å². The molecule has 128 valence electrons. The van der Waals surface area contributed by atoms with Gasteiger partial charge in [0.05, 0.1) is 4.90 Å². The fourth-order valence-electron chi connectivity index (χ4n) is 1.45. The average Bonchev–Trinajstić information content (AvgIpc) is 2.44. The van der Waals surface area contributed by atoms with E-state index in [0.717, 1.165) is 6.07 Å². The Bertz CT molecular complexity index is 737. The number of amides is 2. The third-order valence-electron chi connectivity index (χ3n) is 2.63. The third-order valence-corrected chi connectivity index (χ3v) is 4.32.